The van der Waals surface area contributed by atoms with Crippen molar-refractivity contribution in [1.82, 2.24) is 10.2 Å². The number of aliphatic imine (C=N–C) groups is 1. The fraction of sp³-hybridized carbons (Fsp3) is 0.333. The normalized spacial score (nSPS) is 11.0. The molecule has 0 atom stereocenters. The maximum absolute atomic E-state index is 11.5. The number of guanidine groups is 1. The molecule has 0 aliphatic carbocycles. The predicted octanol–water partition coefficient (Wildman–Crippen LogP) is 2.73. The van der Waals surface area contributed by atoms with E-state index in [0.717, 1.165) is 35.8 Å². The molecule has 2 rings (SSSR count). The van der Waals surface area contributed by atoms with Gasteiger partial charge in [0.1, 0.15) is 5.75 Å². The molecule has 0 saturated heterocycles. The zero-order chi connectivity index (χ0) is 19.6. The van der Waals surface area contributed by atoms with Gasteiger partial charge in [0.2, 0.25) is 0 Å². The molecule has 0 fully saturated rings. The van der Waals surface area contributed by atoms with E-state index < -0.39 is 0 Å². The van der Waals surface area contributed by atoms with Crippen molar-refractivity contribution in [3.8, 4) is 5.75 Å². The first-order valence-corrected chi connectivity index (χ1v) is 8.80. The maximum Gasteiger partial charge on any atom is 0.337 e. The van der Waals surface area contributed by atoms with Crippen LogP contribution in [-0.4, -0.2) is 51.7 Å². The van der Waals surface area contributed by atoms with E-state index in [1.54, 1.807) is 26.3 Å². The third-order valence-corrected chi connectivity index (χ3v) is 4.25. The van der Waals surface area contributed by atoms with Crippen molar-refractivity contribution >= 4 is 11.9 Å². The van der Waals surface area contributed by atoms with E-state index in [4.69, 9.17) is 9.47 Å². The topological polar surface area (TPSA) is 63.2 Å². The zero-order valence-electron chi connectivity index (χ0n) is 16.4. The van der Waals surface area contributed by atoms with E-state index in [2.05, 4.69) is 15.2 Å². The van der Waals surface area contributed by atoms with E-state index in [1.165, 1.54) is 7.11 Å². The van der Waals surface area contributed by atoms with Gasteiger partial charge in [-0.1, -0.05) is 30.3 Å². The number of nitrogens with one attached hydrogen (secondary N) is 1. The summed E-state index contributed by atoms with van der Waals surface area (Å²) in [5.41, 5.74) is 2.79. The van der Waals surface area contributed by atoms with Crippen molar-refractivity contribution < 1.29 is 14.3 Å². The molecule has 1 N–H and O–H groups in total. The molecule has 0 unspecified atom stereocenters. The second kappa shape index (κ2) is 10.2. The fourth-order valence-corrected chi connectivity index (χ4v) is 2.79. The van der Waals surface area contributed by atoms with Gasteiger partial charge >= 0.3 is 5.97 Å². The Hall–Kier alpha value is -3.02. The van der Waals surface area contributed by atoms with Crippen LogP contribution >= 0.6 is 0 Å². The van der Waals surface area contributed by atoms with Gasteiger partial charge in [-0.2, -0.15) is 0 Å². The predicted molar refractivity (Wildman–Crippen MR) is 107 cm³/mol. The summed E-state index contributed by atoms with van der Waals surface area (Å²) < 4.78 is 10.1. The average molecular weight is 369 g/mol. The highest BCUT2D eigenvalue weighted by Gasteiger charge is 2.10. The average Bonchev–Trinajstić information content (AvgIpc) is 2.71. The summed E-state index contributed by atoms with van der Waals surface area (Å²) in [5.74, 6) is 1.36. The lowest BCUT2D eigenvalue weighted by atomic mass is 10.1. The second-order valence-corrected chi connectivity index (χ2v) is 6.08. The number of hydrogen-bond acceptors (Lipinski definition) is 4. The number of esters is 1. The van der Waals surface area contributed by atoms with Gasteiger partial charge in [-0.3, -0.25) is 4.99 Å². The minimum Gasteiger partial charge on any atom is -0.496 e. The Morgan fingerprint density at radius 2 is 1.81 bits per heavy atom. The van der Waals surface area contributed by atoms with Crippen LogP contribution in [0.5, 0.6) is 5.75 Å². The molecule has 0 radical (unpaired) electrons. The molecule has 2 aromatic rings. The largest absolute Gasteiger partial charge is 0.496 e. The van der Waals surface area contributed by atoms with Crippen LogP contribution in [0, 0.1) is 0 Å². The van der Waals surface area contributed by atoms with Gasteiger partial charge in [0.25, 0.3) is 0 Å². The Morgan fingerprint density at radius 3 is 2.44 bits per heavy atom. The summed E-state index contributed by atoms with van der Waals surface area (Å²) >= 11 is 0. The molecule has 6 nitrogen and oxygen atoms in total. The van der Waals surface area contributed by atoms with Gasteiger partial charge in [-0.25, -0.2) is 4.79 Å². The number of hydrogen-bond donors (Lipinski definition) is 1. The van der Waals surface area contributed by atoms with E-state index in [1.807, 2.05) is 43.4 Å². The van der Waals surface area contributed by atoms with Crippen LogP contribution < -0.4 is 10.1 Å². The molecule has 0 aromatic heterocycles. The second-order valence-electron chi connectivity index (χ2n) is 6.08. The Bertz CT molecular complexity index is 772. The number of nitrogens with zero attached hydrogens (tertiary/aromatic N) is 2. The third-order valence-electron chi connectivity index (χ3n) is 4.25. The van der Waals surface area contributed by atoms with E-state index in [0.29, 0.717) is 12.1 Å². The van der Waals surface area contributed by atoms with E-state index in [9.17, 15) is 4.79 Å². The number of para-hydroxylation sites is 1. The molecule has 0 amide bonds. The Balaban J connectivity index is 1.88. The molecule has 6 heteroatoms. The number of rotatable bonds is 7. The first-order chi connectivity index (χ1) is 13.1. The fourth-order valence-electron chi connectivity index (χ4n) is 2.79. The van der Waals surface area contributed by atoms with Crippen LogP contribution in [0.15, 0.2) is 53.5 Å². The highest BCUT2D eigenvalue weighted by atomic mass is 16.5. The molecule has 0 saturated carbocycles. The monoisotopic (exact) mass is 369 g/mol. The van der Waals surface area contributed by atoms with Crippen LogP contribution in [0.1, 0.15) is 21.5 Å². The summed E-state index contributed by atoms with van der Waals surface area (Å²) in [7, 11) is 6.82. The highest BCUT2D eigenvalue weighted by molar-refractivity contribution is 5.89. The Labute approximate surface area is 160 Å². The Morgan fingerprint density at radius 1 is 1.11 bits per heavy atom. The third kappa shape index (κ3) is 5.74. The van der Waals surface area contributed by atoms with Gasteiger partial charge in [-0.05, 0) is 30.2 Å². The van der Waals surface area contributed by atoms with Gasteiger partial charge in [0.05, 0.1) is 19.8 Å². The van der Waals surface area contributed by atoms with Crippen LogP contribution in [0.3, 0.4) is 0 Å². The Kier molecular flexibility index (Phi) is 7.67. The molecule has 0 spiro atoms. The van der Waals surface area contributed by atoms with Gasteiger partial charge in [-0.15, -0.1) is 0 Å². The molecule has 0 aliphatic heterocycles. The molecule has 0 heterocycles. The van der Waals surface area contributed by atoms with E-state index in [-0.39, 0.29) is 5.97 Å². The van der Waals surface area contributed by atoms with Crippen molar-refractivity contribution in [2.45, 2.75) is 13.0 Å². The van der Waals surface area contributed by atoms with Crippen molar-refractivity contribution in [2.24, 2.45) is 4.99 Å². The van der Waals surface area contributed by atoms with Crippen molar-refractivity contribution in [1.29, 1.82) is 0 Å². The quantitative estimate of drug-likeness (QED) is 0.462. The van der Waals surface area contributed by atoms with Crippen LogP contribution in [0.4, 0.5) is 0 Å². The SMILES string of the molecule is CN=C(NCCc1ccc(C(=O)OC)cc1)N(C)Cc1ccccc1OC. The lowest BCUT2D eigenvalue weighted by Crippen LogP contribution is -2.39. The summed E-state index contributed by atoms with van der Waals surface area (Å²) in [6.45, 7) is 1.43. The van der Waals surface area contributed by atoms with Gasteiger partial charge in [0, 0.05) is 32.7 Å². The van der Waals surface area contributed by atoms with Crippen molar-refractivity contribution in [3.05, 3.63) is 65.2 Å². The molecule has 144 valence electrons. The standard InChI is InChI=1S/C21H27N3O3/c1-22-21(24(2)15-18-7-5-6-8-19(18)26-3)23-14-13-16-9-11-17(12-10-16)20(25)27-4/h5-12H,13-15H2,1-4H3,(H,22,23). The minimum atomic E-state index is -0.321. The van der Waals surface area contributed by atoms with Gasteiger partial charge in [0.15, 0.2) is 5.96 Å². The zero-order valence-corrected chi connectivity index (χ0v) is 16.4. The van der Waals surface area contributed by atoms with Crippen LogP contribution in [-0.2, 0) is 17.7 Å². The summed E-state index contributed by atoms with van der Waals surface area (Å²) in [4.78, 5) is 17.9. The maximum atomic E-state index is 11.5. The number of methoxy groups -OCH3 is 2. The van der Waals surface area contributed by atoms with Crippen LogP contribution in [0.25, 0.3) is 0 Å². The number of benzene rings is 2. The number of ether oxygens (including phenoxy) is 2. The van der Waals surface area contributed by atoms with Crippen molar-refractivity contribution in [3.63, 3.8) is 0 Å². The molecular formula is C21H27N3O3. The lowest BCUT2D eigenvalue weighted by molar-refractivity contribution is 0.0600. The summed E-state index contributed by atoms with van der Waals surface area (Å²) in [5, 5.41) is 3.37. The number of carbonyl (C=O) groups is 1. The smallest absolute Gasteiger partial charge is 0.337 e. The molecule has 0 aliphatic rings. The summed E-state index contributed by atoms with van der Waals surface area (Å²) in [6, 6.07) is 15.4. The minimum absolute atomic E-state index is 0.321. The lowest BCUT2D eigenvalue weighted by Gasteiger charge is -2.23. The molecular weight excluding hydrogens is 342 g/mol. The summed E-state index contributed by atoms with van der Waals surface area (Å²) in [6.07, 6.45) is 0.822. The molecule has 27 heavy (non-hydrogen) atoms. The first kappa shape index (κ1) is 20.3. The highest BCUT2D eigenvalue weighted by Crippen LogP contribution is 2.18. The van der Waals surface area contributed by atoms with E-state index >= 15 is 0 Å². The van der Waals surface area contributed by atoms with Gasteiger partial charge < -0.3 is 19.7 Å². The number of carbonyl (C=O) groups excluding carboxylic acids is 1. The first-order valence-electron chi connectivity index (χ1n) is 8.80. The van der Waals surface area contributed by atoms with Crippen LogP contribution in [0.2, 0.25) is 0 Å². The van der Waals surface area contributed by atoms with Crippen molar-refractivity contribution in [2.75, 3.05) is 34.9 Å². The molecule has 2 aromatic carbocycles. The molecule has 0 bridgehead atoms.